The van der Waals surface area contributed by atoms with Crippen molar-refractivity contribution in [1.29, 1.82) is 0 Å². The molecular formula is C14H21N7. The van der Waals surface area contributed by atoms with E-state index in [2.05, 4.69) is 36.7 Å². The molecule has 0 aliphatic carbocycles. The number of nitrogens with zero attached hydrogens (tertiary/aromatic N) is 6. The summed E-state index contributed by atoms with van der Waals surface area (Å²) in [5, 5.41) is 3.37. The third-order valence-electron chi connectivity index (χ3n) is 4.42. The predicted octanol–water partition coefficient (Wildman–Crippen LogP) is 0.373. The van der Waals surface area contributed by atoms with Gasteiger partial charge in [0.05, 0.1) is 0 Å². The van der Waals surface area contributed by atoms with E-state index in [-0.39, 0.29) is 0 Å². The Morgan fingerprint density at radius 2 is 1.76 bits per heavy atom. The molecule has 0 radical (unpaired) electrons. The lowest BCUT2D eigenvalue weighted by Crippen LogP contribution is -2.44. The average Bonchev–Trinajstić information content (AvgIpc) is 3.16. The second-order valence-corrected chi connectivity index (χ2v) is 5.77. The number of aromatic nitrogens is 4. The molecule has 0 spiro atoms. The third-order valence-corrected chi connectivity index (χ3v) is 4.42. The lowest BCUT2D eigenvalue weighted by atomic mass is 10.3. The zero-order valence-corrected chi connectivity index (χ0v) is 12.4. The molecule has 2 saturated heterocycles. The molecule has 7 heteroatoms. The van der Waals surface area contributed by atoms with Crippen LogP contribution in [0, 0.1) is 0 Å². The number of hydrogen-bond acceptors (Lipinski definition) is 6. The summed E-state index contributed by atoms with van der Waals surface area (Å²) < 4.78 is 2.11. The molecule has 112 valence electrons. The van der Waals surface area contributed by atoms with Gasteiger partial charge in [-0.25, -0.2) is 15.0 Å². The van der Waals surface area contributed by atoms with Crippen molar-refractivity contribution in [3.05, 3.63) is 6.33 Å². The molecule has 2 aromatic rings. The van der Waals surface area contributed by atoms with Gasteiger partial charge in [-0.2, -0.15) is 0 Å². The van der Waals surface area contributed by atoms with Crippen LogP contribution in [0.2, 0.25) is 0 Å². The zero-order chi connectivity index (χ0) is 14.2. The van der Waals surface area contributed by atoms with Gasteiger partial charge in [0.25, 0.3) is 0 Å². The fraction of sp³-hybridized carbons (Fsp3) is 0.643. The first-order valence-electron chi connectivity index (χ1n) is 7.72. The predicted molar refractivity (Wildman–Crippen MR) is 82.8 cm³/mol. The minimum absolute atomic E-state index is 0.931. The molecule has 7 nitrogen and oxygen atoms in total. The monoisotopic (exact) mass is 287 g/mol. The molecule has 1 N–H and O–H groups in total. The van der Waals surface area contributed by atoms with Crippen LogP contribution in [0.3, 0.4) is 0 Å². The third kappa shape index (κ3) is 2.12. The van der Waals surface area contributed by atoms with Crippen molar-refractivity contribution in [2.45, 2.75) is 12.8 Å². The Morgan fingerprint density at radius 3 is 2.52 bits per heavy atom. The van der Waals surface area contributed by atoms with E-state index in [1.54, 1.807) is 6.33 Å². The Hall–Kier alpha value is -1.89. The van der Waals surface area contributed by atoms with E-state index in [9.17, 15) is 0 Å². The van der Waals surface area contributed by atoms with Crippen LogP contribution in [0.1, 0.15) is 12.8 Å². The van der Waals surface area contributed by atoms with Crippen molar-refractivity contribution >= 4 is 22.9 Å². The molecule has 0 aromatic carbocycles. The van der Waals surface area contributed by atoms with Gasteiger partial charge in [0, 0.05) is 46.3 Å². The Balaban J connectivity index is 1.79. The summed E-state index contributed by atoms with van der Waals surface area (Å²) in [6.07, 6.45) is 4.16. The number of fused-ring (bicyclic) bond motifs is 1. The molecule has 0 amide bonds. The molecule has 2 aliphatic heterocycles. The van der Waals surface area contributed by atoms with Crippen LogP contribution < -0.4 is 15.1 Å². The molecule has 0 atom stereocenters. The molecule has 0 unspecified atom stereocenters. The lowest BCUT2D eigenvalue weighted by molar-refractivity contribution is 0.586. The largest absolute Gasteiger partial charge is 0.352 e. The number of piperazine rings is 1. The molecule has 2 fully saturated rings. The maximum Gasteiger partial charge on any atom is 0.207 e. The van der Waals surface area contributed by atoms with E-state index in [1.807, 2.05) is 0 Å². The summed E-state index contributed by atoms with van der Waals surface area (Å²) in [5.41, 5.74) is 1.87. The maximum atomic E-state index is 4.87. The van der Waals surface area contributed by atoms with Gasteiger partial charge in [-0.05, 0) is 12.8 Å². The summed E-state index contributed by atoms with van der Waals surface area (Å²) in [6.45, 7) is 6.12. The number of anilines is 2. The standard InChI is InChI=1S/C14H21N7/c1-19-12-11(18-14(19)21-6-2-3-7-21)13(17-10-16-12)20-8-4-15-5-9-20/h10,15H,2-9H2,1H3. The highest BCUT2D eigenvalue weighted by Gasteiger charge is 2.23. The van der Waals surface area contributed by atoms with Gasteiger partial charge in [-0.1, -0.05) is 0 Å². The fourth-order valence-corrected chi connectivity index (χ4v) is 3.28. The number of hydrogen-bond donors (Lipinski definition) is 1. The van der Waals surface area contributed by atoms with Crippen LogP contribution in [0.5, 0.6) is 0 Å². The second-order valence-electron chi connectivity index (χ2n) is 5.77. The van der Waals surface area contributed by atoms with E-state index < -0.39 is 0 Å². The molecule has 4 heterocycles. The maximum absolute atomic E-state index is 4.87. The van der Waals surface area contributed by atoms with E-state index in [0.717, 1.165) is 62.2 Å². The fourth-order valence-electron chi connectivity index (χ4n) is 3.28. The molecular weight excluding hydrogens is 266 g/mol. The minimum Gasteiger partial charge on any atom is -0.352 e. The van der Waals surface area contributed by atoms with Gasteiger partial charge < -0.3 is 15.1 Å². The summed E-state index contributed by atoms with van der Waals surface area (Å²) in [4.78, 5) is 18.5. The highest BCUT2D eigenvalue weighted by Crippen LogP contribution is 2.28. The number of nitrogens with one attached hydrogen (secondary N) is 1. The Kier molecular flexibility index (Phi) is 3.14. The highest BCUT2D eigenvalue weighted by molar-refractivity contribution is 5.85. The van der Waals surface area contributed by atoms with E-state index in [0.29, 0.717) is 0 Å². The summed E-state index contributed by atoms with van der Waals surface area (Å²) >= 11 is 0. The van der Waals surface area contributed by atoms with Crippen molar-refractivity contribution in [1.82, 2.24) is 24.8 Å². The lowest BCUT2D eigenvalue weighted by Gasteiger charge is -2.28. The molecule has 2 aliphatic rings. The van der Waals surface area contributed by atoms with Crippen LogP contribution >= 0.6 is 0 Å². The van der Waals surface area contributed by atoms with Crippen molar-refractivity contribution < 1.29 is 0 Å². The van der Waals surface area contributed by atoms with E-state index >= 15 is 0 Å². The van der Waals surface area contributed by atoms with Crippen LogP contribution in [0.4, 0.5) is 11.8 Å². The van der Waals surface area contributed by atoms with Crippen LogP contribution in [0.25, 0.3) is 11.2 Å². The van der Waals surface area contributed by atoms with Gasteiger partial charge in [-0.3, -0.25) is 4.57 Å². The van der Waals surface area contributed by atoms with E-state index in [4.69, 9.17) is 4.98 Å². The van der Waals surface area contributed by atoms with Crippen LogP contribution in [0.15, 0.2) is 6.33 Å². The first-order chi connectivity index (χ1) is 10.3. The van der Waals surface area contributed by atoms with Crippen molar-refractivity contribution in [3.8, 4) is 0 Å². The Labute approximate surface area is 124 Å². The van der Waals surface area contributed by atoms with Crippen molar-refractivity contribution in [3.63, 3.8) is 0 Å². The van der Waals surface area contributed by atoms with Crippen molar-refractivity contribution in [2.75, 3.05) is 49.1 Å². The van der Waals surface area contributed by atoms with Crippen molar-refractivity contribution in [2.24, 2.45) is 7.05 Å². The molecule has 4 rings (SSSR count). The first kappa shape index (κ1) is 12.8. The van der Waals surface area contributed by atoms with Gasteiger partial charge in [0.2, 0.25) is 5.95 Å². The summed E-state index contributed by atoms with van der Waals surface area (Å²) in [7, 11) is 2.05. The first-order valence-corrected chi connectivity index (χ1v) is 7.72. The topological polar surface area (TPSA) is 62.1 Å². The Morgan fingerprint density at radius 1 is 1.00 bits per heavy atom. The summed E-state index contributed by atoms with van der Waals surface area (Å²) in [5.74, 6) is 2.00. The average molecular weight is 287 g/mol. The quantitative estimate of drug-likeness (QED) is 0.861. The number of imidazole rings is 1. The normalized spacial score (nSPS) is 19.7. The van der Waals surface area contributed by atoms with Gasteiger partial charge >= 0.3 is 0 Å². The molecule has 21 heavy (non-hydrogen) atoms. The second kappa shape index (κ2) is 5.14. The van der Waals surface area contributed by atoms with Crippen LogP contribution in [-0.4, -0.2) is 58.8 Å². The van der Waals surface area contributed by atoms with Crippen LogP contribution in [-0.2, 0) is 7.05 Å². The number of rotatable bonds is 2. The van der Waals surface area contributed by atoms with E-state index in [1.165, 1.54) is 12.8 Å². The van der Waals surface area contributed by atoms with Gasteiger partial charge in [-0.15, -0.1) is 0 Å². The minimum atomic E-state index is 0.931. The molecule has 2 aromatic heterocycles. The number of aryl methyl sites for hydroxylation is 1. The molecule has 0 bridgehead atoms. The molecule has 0 saturated carbocycles. The summed E-state index contributed by atoms with van der Waals surface area (Å²) in [6, 6.07) is 0. The van der Waals surface area contributed by atoms with Gasteiger partial charge in [0.15, 0.2) is 17.0 Å². The highest BCUT2D eigenvalue weighted by atomic mass is 15.3. The zero-order valence-electron chi connectivity index (χ0n) is 12.4. The van der Waals surface area contributed by atoms with Gasteiger partial charge in [0.1, 0.15) is 6.33 Å². The Bertz CT molecular complexity index is 638. The SMILES string of the molecule is Cn1c(N2CCCC2)nc2c(N3CCNCC3)ncnc21. The smallest absolute Gasteiger partial charge is 0.207 e.